The Bertz CT molecular complexity index is 892. The van der Waals surface area contributed by atoms with Gasteiger partial charge in [0, 0.05) is 13.0 Å². The van der Waals surface area contributed by atoms with Crippen molar-refractivity contribution in [1.82, 2.24) is 5.32 Å². The minimum absolute atomic E-state index is 0.0690. The van der Waals surface area contributed by atoms with Gasteiger partial charge in [-0.25, -0.2) is 4.57 Å². The number of hydrogen-bond acceptors (Lipinski definition) is 6. The van der Waals surface area contributed by atoms with Crippen LogP contribution in [-0.2, 0) is 18.4 Å². The fourth-order valence-electron chi connectivity index (χ4n) is 5.14. The van der Waals surface area contributed by atoms with E-state index in [0.717, 1.165) is 70.6 Å². The Kier molecular flexibility index (Phi) is 34.2. The molecule has 0 saturated heterocycles. The molecule has 8 nitrogen and oxygen atoms in total. The number of hydrogen-bond donors (Lipinski definition) is 4. The van der Waals surface area contributed by atoms with E-state index in [1.807, 2.05) is 6.08 Å². The number of unbranched alkanes of at least 4 members (excludes halogenated alkanes) is 17. The lowest BCUT2D eigenvalue weighted by atomic mass is 10.1. The molecule has 3 atom stereocenters. The van der Waals surface area contributed by atoms with Gasteiger partial charge in [0.25, 0.3) is 0 Å². The van der Waals surface area contributed by atoms with Gasteiger partial charge in [0.1, 0.15) is 0 Å². The molecule has 0 aliphatic carbocycles. The van der Waals surface area contributed by atoms with Crippen molar-refractivity contribution in [2.45, 2.75) is 174 Å². The first-order valence-electron chi connectivity index (χ1n) is 19.3. The van der Waals surface area contributed by atoms with E-state index in [9.17, 15) is 19.4 Å². The number of carbonyl (C=O) groups is 1. The molecular formula is C39H73N2O6P. The molecule has 5 N–H and O–H groups in total. The molecule has 9 heteroatoms. The minimum Gasteiger partial charge on any atom is -0.387 e. The van der Waals surface area contributed by atoms with Gasteiger partial charge in [0.05, 0.1) is 25.4 Å². The zero-order valence-corrected chi connectivity index (χ0v) is 31.6. The zero-order chi connectivity index (χ0) is 35.4. The predicted octanol–water partition coefficient (Wildman–Crippen LogP) is 10.2. The first kappa shape index (κ1) is 46.5. The van der Waals surface area contributed by atoms with Crippen molar-refractivity contribution in [2.75, 3.05) is 19.8 Å². The van der Waals surface area contributed by atoms with Crippen LogP contribution >= 0.6 is 7.82 Å². The monoisotopic (exact) mass is 697 g/mol. The fraction of sp³-hybridized carbons (Fsp3) is 0.769. The Hall–Kier alpha value is -1.54. The van der Waals surface area contributed by atoms with E-state index in [1.165, 1.54) is 70.6 Å². The Labute approximate surface area is 294 Å². The maximum atomic E-state index is 12.7. The highest BCUT2D eigenvalue weighted by molar-refractivity contribution is 7.47. The lowest BCUT2D eigenvalue weighted by Crippen LogP contribution is -2.45. The Morgan fingerprint density at radius 2 is 1.12 bits per heavy atom. The van der Waals surface area contributed by atoms with E-state index in [-0.39, 0.29) is 25.7 Å². The molecule has 0 fully saturated rings. The van der Waals surface area contributed by atoms with E-state index in [0.29, 0.717) is 6.42 Å². The quantitative estimate of drug-likeness (QED) is 0.0295. The highest BCUT2D eigenvalue weighted by Crippen LogP contribution is 2.43. The summed E-state index contributed by atoms with van der Waals surface area (Å²) in [5.41, 5.74) is 5.35. The van der Waals surface area contributed by atoms with Gasteiger partial charge in [0.15, 0.2) is 0 Å². The highest BCUT2D eigenvalue weighted by Gasteiger charge is 2.26. The number of aliphatic hydroxyl groups is 1. The zero-order valence-electron chi connectivity index (χ0n) is 30.7. The molecule has 0 rings (SSSR count). The second-order valence-corrected chi connectivity index (χ2v) is 14.2. The number of rotatable bonds is 35. The molecule has 0 aromatic rings. The first-order valence-corrected chi connectivity index (χ1v) is 20.8. The maximum Gasteiger partial charge on any atom is 0.472 e. The maximum absolute atomic E-state index is 12.7. The normalized spacial score (nSPS) is 14.9. The number of carbonyl (C=O) groups excluding carboxylic acids is 1. The molecule has 0 spiro atoms. The molecule has 0 radical (unpaired) electrons. The standard InChI is InChI=1S/C39H73N2O6P/c1-3-5-7-9-11-13-15-16-17-18-19-20-21-23-24-26-28-30-32-38(42)37(36-47-48(44,45)46-35-34-40)41-39(43)33-31-29-27-25-22-14-12-10-8-6-4-2/h10,12,18-19,23-24,30,32,37-38,42H,3-9,11,13-17,20-22,25-29,31,33-36,40H2,1-2H3,(H,41,43)(H,44,45)/b12-10-,19-18+,24-23+,32-30+. The topological polar surface area (TPSA) is 131 Å². The summed E-state index contributed by atoms with van der Waals surface area (Å²) in [5.74, 6) is -0.222. The van der Waals surface area contributed by atoms with Crippen LogP contribution < -0.4 is 11.1 Å². The number of nitrogens with two attached hydrogens (primary N) is 1. The summed E-state index contributed by atoms with van der Waals surface area (Å²) < 4.78 is 22.0. The van der Waals surface area contributed by atoms with Crippen molar-refractivity contribution < 1.29 is 28.4 Å². The van der Waals surface area contributed by atoms with Crippen LogP contribution in [0.3, 0.4) is 0 Å². The van der Waals surface area contributed by atoms with Gasteiger partial charge >= 0.3 is 7.82 Å². The van der Waals surface area contributed by atoms with Crippen molar-refractivity contribution in [2.24, 2.45) is 5.73 Å². The van der Waals surface area contributed by atoms with Crippen LogP contribution in [0.15, 0.2) is 48.6 Å². The highest BCUT2D eigenvalue weighted by atomic mass is 31.2. The summed E-state index contributed by atoms with van der Waals surface area (Å²) in [7, 11) is -4.35. The molecule has 0 bridgehead atoms. The number of allylic oxidation sites excluding steroid dienone is 7. The van der Waals surface area contributed by atoms with Crippen molar-refractivity contribution >= 4 is 13.7 Å². The summed E-state index contributed by atoms with van der Waals surface area (Å²) >= 11 is 0. The Morgan fingerprint density at radius 1 is 0.667 bits per heavy atom. The Balaban J connectivity index is 4.39. The first-order chi connectivity index (χ1) is 23.4. The largest absolute Gasteiger partial charge is 0.472 e. The summed E-state index contributed by atoms with van der Waals surface area (Å²) in [6, 6.07) is -0.886. The minimum atomic E-state index is -4.35. The van der Waals surface area contributed by atoms with E-state index in [2.05, 4.69) is 55.6 Å². The van der Waals surface area contributed by atoms with Crippen LogP contribution in [0.5, 0.6) is 0 Å². The molecule has 0 heterocycles. The molecule has 48 heavy (non-hydrogen) atoms. The molecule has 3 unspecified atom stereocenters. The van der Waals surface area contributed by atoms with Gasteiger partial charge in [-0.3, -0.25) is 13.8 Å². The summed E-state index contributed by atoms with van der Waals surface area (Å²) in [5, 5.41) is 13.6. The predicted molar refractivity (Wildman–Crippen MR) is 203 cm³/mol. The van der Waals surface area contributed by atoms with Crippen molar-refractivity contribution in [3.63, 3.8) is 0 Å². The van der Waals surface area contributed by atoms with Crippen LogP contribution in [0.4, 0.5) is 0 Å². The molecule has 0 aromatic carbocycles. The van der Waals surface area contributed by atoms with Gasteiger partial charge in [0.2, 0.25) is 5.91 Å². The van der Waals surface area contributed by atoms with E-state index >= 15 is 0 Å². The van der Waals surface area contributed by atoms with Crippen LogP contribution in [-0.4, -0.2) is 47.8 Å². The van der Waals surface area contributed by atoms with Gasteiger partial charge in [-0.15, -0.1) is 0 Å². The third-order valence-electron chi connectivity index (χ3n) is 8.10. The SMILES string of the molecule is CCCC/C=C\CCCCCCCC(=O)NC(COP(=O)(O)OCCN)C(O)/C=C/CC/C=C/CC/C=C/CCCCCCCCCC. The number of phosphoric ester groups is 1. The lowest BCUT2D eigenvalue weighted by molar-refractivity contribution is -0.123. The lowest BCUT2D eigenvalue weighted by Gasteiger charge is -2.23. The summed E-state index contributed by atoms with van der Waals surface area (Å²) in [6.45, 7) is 4.03. The fourth-order valence-corrected chi connectivity index (χ4v) is 5.90. The summed E-state index contributed by atoms with van der Waals surface area (Å²) in [4.78, 5) is 22.5. The number of nitrogens with one attached hydrogen (secondary N) is 1. The number of aliphatic hydroxyl groups excluding tert-OH is 1. The molecule has 0 aromatic heterocycles. The molecule has 0 aliphatic heterocycles. The van der Waals surface area contributed by atoms with E-state index in [1.54, 1.807) is 6.08 Å². The average Bonchev–Trinajstić information content (AvgIpc) is 3.07. The molecular weight excluding hydrogens is 623 g/mol. The molecule has 0 aliphatic rings. The molecule has 1 amide bonds. The van der Waals surface area contributed by atoms with Crippen LogP contribution in [0, 0.1) is 0 Å². The molecule has 280 valence electrons. The van der Waals surface area contributed by atoms with Gasteiger partial charge in [-0.1, -0.05) is 140 Å². The van der Waals surface area contributed by atoms with Crippen molar-refractivity contribution in [3.05, 3.63) is 48.6 Å². The van der Waals surface area contributed by atoms with Crippen molar-refractivity contribution in [1.29, 1.82) is 0 Å². The van der Waals surface area contributed by atoms with Crippen LogP contribution in [0.2, 0.25) is 0 Å². The van der Waals surface area contributed by atoms with Gasteiger partial charge in [-0.05, 0) is 64.2 Å². The smallest absolute Gasteiger partial charge is 0.387 e. The average molecular weight is 697 g/mol. The van der Waals surface area contributed by atoms with Crippen molar-refractivity contribution in [3.8, 4) is 0 Å². The summed E-state index contributed by atoms with van der Waals surface area (Å²) in [6.07, 6.45) is 41.6. The third-order valence-corrected chi connectivity index (χ3v) is 9.09. The Morgan fingerprint density at radius 3 is 1.67 bits per heavy atom. The third kappa shape index (κ3) is 33.0. The molecule has 0 saturated carbocycles. The van der Waals surface area contributed by atoms with Gasteiger partial charge < -0.3 is 21.1 Å². The van der Waals surface area contributed by atoms with Gasteiger partial charge in [-0.2, -0.15) is 0 Å². The second-order valence-electron chi connectivity index (χ2n) is 12.8. The number of amides is 1. The van der Waals surface area contributed by atoms with E-state index < -0.39 is 20.0 Å². The van der Waals surface area contributed by atoms with Crippen LogP contribution in [0.1, 0.15) is 162 Å². The van der Waals surface area contributed by atoms with Crippen LogP contribution in [0.25, 0.3) is 0 Å². The van der Waals surface area contributed by atoms with E-state index in [4.69, 9.17) is 14.8 Å². The number of phosphoric acid groups is 1. The second kappa shape index (κ2) is 35.3.